The topological polar surface area (TPSA) is 44.8 Å². The highest BCUT2D eigenvalue weighted by Crippen LogP contribution is 2.30. The first kappa shape index (κ1) is 17.9. The van der Waals surface area contributed by atoms with Crippen LogP contribution in [0, 0.1) is 5.92 Å². The van der Waals surface area contributed by atoms with Crippen molar-refractivity contribution in [2.45, 2.75) is 25.4 Å². The Kier molecular flexibility index (Phi) is 5.30. The van der Waals surface area contributed by atoms with Gasteiger partial charge in [0.2, 0.25) is 0 Å². The normalized spacial score (nSPS) is 22.3. The zero-order valence-electron chi connectivity index (χ0n) is 15.8. The summed E-state index contributed by atoms with van der Waals surface area (Å²) in [5.74, 6) is 1.23. The lowest BCUT2D eigenvalue weighted by atomic mass is 9.95. The Bertz CT molecular complexity index is 780. The second-order valence-corrected chi connectivity index (χ2v) is 7.56. The molecule has 2 aromatic rings. The summed E-state index contributed by atoms with van der Waals surface area (Å²) < 4.78 is 5.36. The number of benzene rings is 2. The molecule has 2 aromatic carbocycles. The van der Waals surface area contributed by atoms with Crippen molar-refractivity contribution in [3.63, 3.8) is 0 Å². The van der Waals surface area contributed by atoms with Crippen molar-refractivity contribution in [1.82, 2.24) is 9.80 Å². The number of urea groups is 1. The van der Waals surface area contributed by atoms with Crippen LogP contribution in [0.15, 0.2) is 54.6 Å². The van der Waals surface area contributed by atoms with Gasteiger partial charge in [0, 0.05) is 32.2 Å². The van der Waals surface area contributed by atoms with Gasteiger partial charge in [0.15, 0.2) is 0 Å². The second kappa shape index (κ2) is 8.01. The van der Waals surface area contributed by atoms with Crippen LogP contribution < -0.4 is 10.1 Å². The Balaban J connectivity index is 1.45. The smallest absolute Gasteiger partial charge is 0.322 e. The lowest BCUT2D eigenvalue weighted by Crippen LogP contribution is -2.49. The van der Waals surface area contributed by atoms with Crippen LogP contribution in [0.1, 0.15) is 18.4 Å². The van der Waals surface area contributed by atoms with Crippen LogP contribution in [-0.4, -0.2) is 48.6 Å². The molecule has 3 aliphatic rings. The number of carbonyl (C=O) groups excluding carboxylic acids is 1. The molecule has 0 aromatic heterocycles. The molecule has 1 N–H and O–H groups in total. The van der Waals surface area contributed by atoms with E-state index in [4.69, 9.17) is 4.74 Å². The summed E-state index contributed by atoms with van der Waals surface area (Å²) in [6.07, 6.45) is 2.28. The van der Waals surface area contributed by atoms with E-state index in [2.05, 4.69) is 40.5 Å². The van der Waals surface area contributed by atoms with Gasteiger partial charge in [-0.2, -0.15) is 0 Å². The largest absolute Gasteiger partial charge is 0.495 e. The van der Waals surface area contributed by atoms with Crippen molar-refractivity contribution in [2.75, 3.05) is 32.1 Å². The van der Waals surface area contributed by atoms with E-state index in [1.807, 2.05) is 29.2 Å². The quantitative estimate of drug-likeness (QED) is 0.896. The van der Waals surface area contributed by atoms with Crippen LogP contribution in [0.2, 0.25) is 0 Å². The zero-order valence-corrected chi connectivity index (χ0v) is 15.8. The Morgan fingerprint density at radius 3 is 2.63 bits per heavy atom. The number of hydrogen-bond acceptors (Lipinski definition) is 3. The van der Waals surface area contributed by atoms with E-state index >= 15 is 0 Å². The lowest BCUT2D eigenvalue weighted by molar-refractivity contribution is 0.151. The molecule has 5 rings (SSSR count). The molecule has 0 spiro atoms. The van der Waals surface area contributed by atoms with Gasteiger partial charge in [0.25, 0.3) is 0 Å². The SMILES string of the molecule is COc1ccccc1NC(=O)N1C[C@H]2CC[C@@H]1CN(Cc1ccccc1)C2. The third kappa shape index (κ3) is 4.08. The summed E-state index contributed by atoms with van der Waals surface area (Å²) >= 11 is 0. The molecule has 142 valence electrons. The van der Waals surface area contributed by atoms with E-state index in [0.717, 1.165) is 38.3 Å². The van der Waals surface area contributed by atoms with Crippen molar-refractivity contribution in [2.24, 2.45) is 5.92 Å². The van der Waals surface area contributed by atoms with Crippen LogP contribution in [0.4, 0.5) is 10.5 Å². The van der Waals surface area contributed by atoms with Crippen molar-refractivity contribution in [3.05, 3.63) is 60.2 Å². The lowest BCUT2D eigenvalue weighted by Gasteiger charge is -2.36. The molecule has 3 saturated heterocycles. The monoisotopic (exact) mass is 365 g/mol. The van der Waals surface area contributed by atoms with Crippen molar-refractivity contribution >= 4 is 11.7 Å². The van der Waals surface area contributed by atoms with Crippen molar-refractivity contribution in [3.8, 4) is 5.75 Å². The van der Waals surface area contributed by atoms with Gasteiger partial charge in [0.1, 0.15) is 5.75 Å². The number of anilines is 1. The molecule has 3 heterocycles. The highest BCUT2D eigenvalue weighted by molar-refractivity contribution is 5.91. The summed E-state index contributed by atoms with van der Waals surface area (Å²) in [4.78, 5) is 17.5. The first-order valence-electron chi connectivity index (χ1n) is 9.70. The van der Waals surface area contributed by atoms with Gasteiger partial charge in [-0.3, -0.25) is 4.90 Å². The number of rotatable bonds is 4. The van der Waals surface area contributed by atoms with Gasteiger partial charge in [0.05, 0.1) is 12.8 Å². The summed E-state index contributed by atoms with van der Waals surface area (Å²) in [7, 11) is 1.63. The molecule has 0 unspecified atom stereocenters. The Morgan fingerprint density at radius 1 is 1.04 bits per heavy atom. The number of nitrogens with one attached hydrogen (secondary N) is 1. The standard InChI is InChI=1S/C22H27N3O2/c1-27-21-10-6-5-9-20(21)23-22(26)25-15-18-11-12-19(25)16-24(14-18)13-17-7-3-2-4-8-17/h2-10,18-19H,11-16H2,1H3,(H,23,26)/t18-,19+/m0/s1. The molecule has 3 aliphatic heterocycles. The van der Waals surface area contributed by atoms with Gasteiger partial charge < -0.3 is 15.0 Å². The molecular formula is C22H27N3O2. The van der Waals surface area contributed by atoms with Crippen LogP contribution in [-0.2, 0) is 6.54 Å². The predicted octanol–water partition coefficient (Wildman–Crippen LogP) is 3.82. The van der Waals surface area contributed by atoms with E-state index in [0.29, 0.717) is 11.7 Å². The fraction of sp³-hybridized carbons (Fsp3) is 0.409. The molecule has 3 fully saturated rings. The van der Waals surface area contributed by atoms with E-state index in [1.54, 1.807) is 7.11 Å². The molecule has 2 atom stereocenters. The number of piperidine rings is 1. The number of fused-ring (bicyclic) bond motifs is 4. The first-order chi connectivity index (χ1) is 13.2. The van der Waals surface area contributed by atoms with Crippen LogP contribution in [0.25, 0.3) is 0 Å². The third-order valence-electron chi connectivity index (χ3n) is 5.65. The maximum Gasteiger partial charge on any atom is 0.322 e. The minimum Gasteiger partial charge on any atom is -0.495 e. The fourth-order valence-electron chi connectivity index (χ4n) is 4.33. The predicted molar refractivity (Wildman–Crippen MR) is 107 cm³/mol. The van der Waals surface area contributed by atoms with Crippen LogP contribution in [0.5, 0.6) is 5.75 Å². The van der Waals surface area contributed by atoms with Gasteiger partial charge >= 0.3 is 6.03 Å². The van der Waals surface area contributed by atoms with Crippen LogP contribution in [0.3, 0.4) is 0 Å². The Labute approximate surface area is 160 Å². The number of nitrogens with zero attached hydrogens (tertiary/aromatic N) is 2. The molecule has 27 heavy (non-hydrogen) atoms. The van der Waals surface area contributed by atoms with Gasteiger partial charge in [-0.05, 0) is 36.5 Å². The molecule has 2 amide bonds. The average molecular weight is 365 g/mol. The van der Waals surface area contributed by atoms with Gasteiger partial charge in [-0.15, -0.1) is 0 Å². The van der Waals surface area contributed by atoms with Gasteiger partial charge in [-0.25, -0.2) is 4.79 Å². The average Bonchev–Trinajstić information content (AvgIpc) is 3.00. The molecule has 2 bridgehead atoms. The van der Waals surface area contributed by atoms with Crippen molar-refractivity contribution in [1.29, 1.82) is 0 Å². The highest BCUT2D eigenvalue weighted by atomic mass is 16.5. The molecule has 0 saturated carbocycles. The number of methoxy groups -OCH3 is 1. The second-order valence-electron chi connectivity index (χ2n) is 7.56. The van der Waals surface area contributed by atoms with Crippen molar-refractivity contribution < 1.29 is 9.53 Å². The van der Waals surface area contributed by atoms with E-state index in [9.17, 15) is 4.79 Å². The number of amides is 2. The minimum absolute atomic E-state index is 0.0178. The fourth-order valence-corrected chi connectivity index (χ4v) is 4.33. The maximum atomic E-state index is 13.0. The molecule has 0 radical (unpaired) electrons. The van der Waals surface area contributed by atoms with E-state index in [-0.39, 0.29) is 12.1 Å². The molecule has 5 nitrogen and oxygen atoms in total. The minimum atomic E-state index is -0.0178. The molecule has 5 heteroatoms. The number of ether oxygens (including phenoxy) is 1. The number of carbonyl (C=O) groups is 1. The number of para-hydroxylation sites is 2. The third-order valence-corrected chi connectivity index (χ3v) is 5.65. The number of hydrogen-bond donors (Lipinski definition) is 1. The molecule has 0 aliphatic carbocycles. The Morgan fingerprint density at radius 2 is 1.81 bits per heavy atom. The van der Waals surface area contributed by atoms with E-state index in [1.165, 1.54) is 12.0 Å². The molecular weight excluding hydrogens is 338 g/mol. The summed E-state index contributed by atoms with van der Waals surface area (Å²) in [5.41, 5.74) is 2.06. The first-order valence-corrected chi connectivity index (χ1v) is 9.70. The van der Waals surface area contributed by atoms with Crippen LogP contribution >= 0.6 is 0 Å². The summed E-state index contributed by atoms with van der Waals surface area (Å²) in [6.45, 7) is 3.78. The van der Waals surface area contributed by atoms with E-state index < -0.39 is 0 Å². The summed E-state index contributed by atoms with van der Waals surface area (Å²) in [5, 5.41) is 3.05. The highest BCUT2D eigenvalue weighted by Gasteiger charge is 2.37. The maximum absolute atomic E-state index is 13.0. The zero-order chi connectivity index (χ0) is 18.6. The summed E-state index contributed by atoms with van der Waals surface area (Å²) in [6, 6.07) is 18.4. The Hall–Kier alpha value is -2.53. The van der Waals surface area contributed by atoms with Gasteiger partial charge in [-0.1, -0.05) is 42.5 Å².